The van der Waals surface area contributed by atoms with Crippen LogP contribution in [-0.2, 0) is 19.1 Å². The number of benzene rings is 2. The number of nitrogens with zero attached hydrogens (tertiary/aromatic N) is 1. The van der Waals surface area contributed by atoms with Gasteiger partial charge in [-0.3, -0.25) is 14.6 Å². The van der Waals surface area contributed by atoms with Gasteiger partial charge in [-0.05, 0) is 61.6 Å². The van der Waals surface area contributed by atoms with Crippen LogP contribution in [0.3, 0.4) is 0 Å². The number of carbonyl (C=O) groups is 2. The van der Waals surface area contributed by atoms with Crippen molar-refractivity contribution in [3.63, 3.8) is 0 Å². The molecule has 2 aliphatic rings. The first-order chi connectivity index (χ1) is 19.8. The highest BCUT2D eigenvalue weighted by atomic mass is 79.9. The van der Waals surface area contributed by atoms with E-state index in [1.165, 1.54) is 0 Å². The number of ether oxygens (including phenoxy) is 6. The van der Waals surface area contributed by atoms with Gasteiger partial charge in [-0.1, -0.05) is 22.0 Å². The first-order valence-electron chi connectivity index (χ1n) is 13.5. The summed E-state index contributed by atoms with van der Waals surface area (Å²) in [6.07, 6.45) is 0.789. The molecule has 0 saturated carbocycles. The zero-order chi connectivity index (χ0) is 29.7. The molecule has 41 heavy (non-hydrogen) atoms. The van der Waals surface area contributed by atoms with Gasteiger partial charge in [0.15, 0.2) is 28.8 Å². The predicted octanol–water partition coefficient (Wildman–Crippen LogP) is 5.64. The second-order valence-electron chi connectivity index (χ2n) is 9.80. The van der Waals surface area contributed by atoms with E-state index < -0.39 is 17.8 Å². The fourth-order valence-electron chi connectivity index (χ4n) is 5.59. The Kier molecular flexibility index (Phi) is 10.1. The largest absolute Gasteiger partial charge is 0.493 e. The summed E-state index contributed by atoms with van der Waals surface area (Å²) in [7, 11) is 6.28. The average Bonchev–Trinajstić information content (AvgIpc) is 2.97. The topological polar surface area (TPSA) is 102 Å². The Labute approximate surface area is 248 Å². The molecule has 0 amide bonds. The minimum Gasteiger partial charge on any atom is -0.493 e. The van der Waals surface area contributed by atoms with Crippen LogP contribution in [0.2, 0.25) is 0 Å². The number of halogens is 1. The lowest BCUT2D eigenvalue weighted by atomic mass is 9.69. The van der Waals surface area contributed by atoms with Gasteiger partial charge in [0.2, 0.25) is 0 Å². The molecule has 0 radical (unpaired) electrons. The second kappa shape index (κ2) is 13.5. The lowest BCUT2D eigenvalue weighted by Gasteiger charge is -2.37. The van der Waals surface area contributed by atoms with Crippen molar-refractivity contribution < 1.29 is 38.0 Å². The Morgan fingerprint density at radius 3 is 2.24 bits per heavy atom. The monoisotopic (exact) mass is 629 g/mol. The van der Waals surface area contributed by atoms with Gasteiger partial charge in [-0.15, -0.1) is 0 Å². The van der Waals surface area contributed by atoms with Crippen LogP contribution in [0.5, 0.6) is 23.0 Å². The molecule has 1 aliphatic carbocycles. The molecule has 2 aromatic rings. The molecule has 0 spiro atoms. The van der Waals surface area contributed by atoms with E-state index in [4.69, 9.17) is 33.4 Å². The van der Waals surface area contributed by atoms with Crippen LogP contribution in [0.25, 0.3) is 0 Å². The average molecular weight is 631 g/mol. The second-order valence-corrected chi connectivity index (χ2v) is 10.7. The lowest BCUT2D eigenvalue weighted by Crippen LogP contribution is -2.38. The number of allylic oxidation sites excluding steroid dienone is 2. The predicted molar refractivity (Wildman–Crippen MR) is 158 cm³/mol. The van der Waals surface area contributed by atoms with Crippen molar-refractivity contribution in [2.75, 3.05) is 48.3 Å². The van der Waals surface area contributed by atoms with Gasteiger partial charge in [0.05, 0.1) is 35.0 Å². The quantitative estimate of drug-likeness (QED) is 0.232. The van der Waals surface area contributed by atoms with Crippen LogP contribution in [0.15, 0.2) is 51.1 Å². The van der Waals surface area contributed by atoms with E-state index >= 15 is 0 Å². The first-order valence-corrected chi connectivity index (χ1v) is 14.3. The van der Waals surface area contributed by atoms with Crippen LogP contribution in [-0.4, -0.2) is 65.7 Å². The third kappa shape index (κ3) is 6.28. The van der Waals surface area contributed by atoms with Crippen molar-refractivity contribution in [3.05, 3.63) is 57.2 Å². The summed E-state index contributed by atoms with van der Waals surface area (Å²) in [5.74, 6) is 0.167. The smallest absolute Gasteiger partial charge is 0.315 e. The van der Waals surface area contributed by atoms with Gasteiger partial charge in [0, 0.05) is 40.4 Å². The Hall–Kier alpha value is -3.37. The molecule has 0 N–H and O–H groups in total. The summed E-state index contributed by atoms with van der Waals surface area (Å²) in [4.78, 5) is 32.4. The highest BCUT2D eigenvalue weighted by Gasteiger charge is 2.45. The zero-order valence-corrected chi connectivity index (χ0v) is 25.8. The molecule has 4 rings (SSSR count). The fourth-order valence-corrected chi connectivity index (χ4v) is 6.16. The van der Waals surface area contributed by atoms with Crippen molar-refractivity contribution in [1.29, 1.82) is 0 Å². The summed E-state index contributed by atoms with van der Waals surface area (Å²) in [6.45, 7) is 4.61. The van der Waals surface area contributed by atoms with Gasteiger partial charge in [0.1, 0.15) is 12.5 Å². The van der Waals surface area contributed by atoms with Crippen LogP contribution in [0, 0.1) is 5.92 Å². The summed E-state index contributed by atoms with van der Waals surface area (Å²) < 4.78 is 33.6. The normalized spacial score (nSPS) is 20.2. The standard InChI is InChI=1S/C31H36BrNO8/c1-7-40-10-11-41-31(35)28-17(2)33-22-12-19(18-8-9-24(36-3)25(14-18)37-4)13-23(34)30(22)29(28)20-15-26(38-5)27(39-6)16-21(20)32/h8-9,14-16,19,28-29H,7,10-13H2,1-6H3/t19-,28?,29+/m1/s1. The minimum atomic E-state index is -0.800. The maximum atomic E-state index is 14.0. The number of rotatable bonds is 11. The van der Waals surface area contributed by atoms with Gasteiger partial charge < -0.3 is 28.4 Å². The van der Waals surface area contributed by atoms with E-state index in [0.717, 1.165) is 5.56 Å². The van der Waals surface area contributed by atoms with Gasteiger partial charge in [0.25, 0.3) is 0 Å². The number of hydrogen-bond donors (Lipinski definition) is 0. The van der Waals surface area contributed by atoms with Gasteiger partial charge in [-0.25, -0.2) is 0 Å². The number of hydrogen-bond acceptors (Lipinski definition) is 9. The first kappa shape index (κ1) is 30.6. The molecule has 0 aromatic heterocycles. The third-order valence-electron chi connectivity index (χ3n) is 7.54. The number of methoxy groups -OCH3 is 4. The Morgan fingerprint density at radius 2 is 1.59 bits per heavy atom. The summed E-state index contributed by atoms with van der Waals surface area (Å²) in [5.41, 5.74) is 3.44. The maximum Gasteiger partial charge on any atom is 0.315 e. The third-order valence-corrected chi connectivity index (χ3v) is 8.22. The van der Waals surface area contributed by atoms with Crippen LogP contribution in [0.1, 0.15) is 49.7 Å². The number of aliphatic imine (C=N–C) groups is 1. The van der Waals surface area contributed by atoms with E-state index in [1.807, 2.05) is 38.1 Å². The Morgan fingerprint density at radius 1 is 0.927 bits per heavy atom. The van der Waals surface area contributed by atoms with E-state index in [2.05, 4.69) is 15.9 Å². The summed E-state index contributed by atoms with van der Waals surface area (Å²) >= 11 is 3.66. The van der Waals surface area contributed by atoms with Crippen molar-refractivity contribution in [2.45, 2.75) is 38.5 Å². The van der Waals surface area contributed by atoms with E-state index in [-0.39, 0.29) is 31.3 Å². The molecule has 1 heterocycles. The number of ketones is 1. The van der Waals surface area contributed by atoms with Crippen molar-refractivity contribution >= 4 is 33.4 Å². The van der Waals surface area contributed by atoms with Crippen LogP contribution in [0.4, 0.5) is 0 Å². The van der Waals surface area contributed by atoms with Crippen molar-refractivity contribution in [3.8, 4) is 23.0 Å². The molecule has 10 heteroatoms. The van der Waals surface area contributed by atoms with Gasteiger partial charge >= 0.3 is 5.97 Å². The zero-order valence-electron chi connectivity index (χ0n) is 24.2. The molecule has 0 fully saturated rings. The van der Waals surface area contributed by atoms with Crippen LogP contribution < -0.4 is 18.9 Å². The van der Waals surface area contributed by atoms with Crippen molar-refractivity contribution in [2.24, 2.45) is 10.9 Å². The molecular formula is C31H36BrNO8. The maximum absolute atomic E-state index is 14.0. The Balaban J connectivity index is 1.79. The molecule has 0 bridgehead atoms. The van der Waals surface area contributed by atoms with E-state index in [9.17, 15) is 9.59 Å². The Bertz CT molecular complexity index is 1370. The number of Topliss-reactive ketones (excluding diaryl/α,β-unsaturated/α-hetero) is 1. The molecule has 0 saturated heterocycles. The molecule has 1 aliphatic heterocycles. The lowest BCUT2D eigenvalue weighted by molar-refractivity contribution is -0.148. The van der Waals surface area contributed by atoms with E-state index in [0.29, 0.717) is 63.0 Å². The molecular weight excluding hydrogens is 594 g/mol. The molecule has 3 atom stereocenters. The molecule has 220 valence electrons. The highest BCUT2D eigenvalue weighted by Crippen LogP contribution is 2.50. The minimum absolute atomic E-state index is 0.0684. The number of carbonyl (C=O) groups excluding carboxylic acids is 2. The molecule has 2 aromatic carbocycles. The van der Waals surface area contributed by atoms with Crippen molar-refractivity contribution in [1.82, 2.24) is 0 Å². The van der Waals surface area contributed by atoms with Gasteiger partial charge in [-0.2, -0.15) is 0 Å². The SMILES string of the molecule is CCOCCOC(=O)C1C(C)=NC2=C(C(=O)C[C@H](c3ccc(OC)c(OC)c3)C2)[C@H]1c1cc(OC)c(OC)cc1Br. The summed E-state index contributed by atoms with van der Waals surface area (Å²) in [5, 5.41) is 0. The molecule has 9 nitrogen and oxygen atoms in total. The highest BCUT2D eigenvalue weighted by molar-refractivity contribution is 9.10. The van der Waals surface area contributed by atoms with E-state index in [1.54, 1.807) is 34.5 Å². The van der Waals surface area contributed by atoms with Crippen LogP contribution >= 0.6 is 15.9 Å². The fraction of sp³-hybridized carbons (Fsp3) is 0.452. The molecule has 1 unspecified atom stereocenters. The summed E-state index contributed by atoms with van der Waals surface area (Å²) in [6, 6.07) is 9.29. The number of esters is 1.